The topological polar surface area (TPSA) is 80.0 Å². The van der Waals surface area contributed by atoms with Crippen molar-refractivity contribution in [3.05, 3.63) is 23.2 Å². The van der Waals surface area contributed by atoms with Gasteiger partial charge in [-0.2, -0.15) is 0 Å². The number of carbonyl (C=O) groups excluding carboxylic acids is 1. The predicted octanol–water partition coefficient (Wildman–Crippen LogP) is 3.60. The standard InChI is InChI=1S/C19H29NO5/c1-6-9-20(15-11-16(24-8-3)19(15,4)5)17(21)14-10-12(18(22)23)13(7-2)25-14/h10,15-16H,6-9,11H2,1-5H3,(H,22,23). The molecular formula is C19H29NO5. The number of amides is 1. The van der Waals surface area contributed by atoms with E-state index in [1.807, 2.05) is 25.7 Å². The number of carboxylic acids is 1. The average Bonchev–Trinajstić information content (AvgIpc) is 3.01. The molecule has 1 heterocycles. The van der Waals surface area contributed by atoms with E-state index in [1.165, 1.54) is 6.07 Å². The maximum atomic E-state index is 13.0. The second kappa shape index (κ2) is 7.60. The summed E-state index contributed by atoms with van der Waals surface area (Å²) in [6.07, 6.45) is 2.18. The summed E-state index contributed by atoms with van der Waals surface area (Å²) < 4.78 is 11.3. The van der Waals surface area contributed by atoms with Gasteiger partial charge in [0.2, 0.25) is 0 Å². The molecule has 1 N–H and O–H groups in total. The van der Waals surface area contributed by atoms with Crippen molar-refractivity contribution in [1.29, 1.82) is 0 Å². The van der Waals surface area contributed by atoms with E-state index < -0.39 is 5.97 Å². The molecule has 1 amide bonds. The number of ether oxygens (including phenoxy) is 1. The van der Waals surface area contributed by atoms with Crippen LogP contribution >= 0.6 is 0 Å². The van der Waals surface area contributed by atoms with Crippen LogP contribution in [0.5, 0.6) is 0 Å². The van der Waals surface area contributed by atoms with Gasteiger partial charge in [0.1, 0.15) is 11.3 Å². The molecule has 2 atom stereocenters. The van der Waals surface area contributed by atoms with Gasteiger partial charge in [0.05, 0.1) is 6.10 Å². The highest BCUT2D eigenvalue weighted by molar-refractivity contribution is 5.96. The molecule has 0 saturated heterocycles. The Hall–Kier alpha value is -1.82. The summed E-state index contributed by atoms with van der Waals surface area (Å²) in [5.41, 5.74) is -0.0706. The first-order chi connectivity index (χ1) is 11.8. The minimum absolute atomic E-state index is 0.0555. The van der Waals surface area contributed by atoms with Gasteiger partial charge in [0.25, 0.3) is 5.91 Å². The Morgan fingerprint density at radius 1 is 1.36 bits per heavy atom. The van der Waals surface area contributed by atoms with E-state index in [0.29, 0.717) is 25.3 Å². The third-order valence-corrected chi connectivity index (χ3v) is 5.17. The van der Waals surface area contributed by atoms with Crippen LogP contribution in [0.1, 0.15) is 74.1 Å². The minimum Gasteiger partial charge on any atom is -0.478 e. The largest absolute Gasteiger partial charge is 0.478 e. The van der Waals surface area contributed by atoms with Crippen molar-refractivity contribution >= 4 is 11.9 Å². The van der Waals surface area contributed by atoms with Crippen molar-refractivity contribution < 1.29 is 23.8 Å². The average molecular weight is 351 g/mol. The summed E-state index contributed by atoms with van der Waals surface area (Å²) in [4.78, 5) is 26.2. The van der Waals surface area contributed by atoms with Gasteiger partial charge >= 0.3 is 5.97 Å². The van der Waals surface area contributed by atoms with E-state index in [1.54, 1.807) is 0 Å². The Morgan fingerprint density at radius 3 is 2.48 bits per heavy atom. The second-order valence-electron chi connectivity index (χ2n) is 7.12. The van der Waals surface area contributed by atoms with Gasteiger partial charge in [-0.1, -0.05) is 27.7 Å². The van der Waals surface area contributed by atoms with Crippen molar-refractivity contribution in [1.82, 2.24) is 4.90 Å². The Kier molecular flexibility index (Phi) is 5.93. The van der Waals surface area contributed by atoms with Crippen molar-refractivity contribution in [2.45, 2.75) is 66.0 Å². The van der Waals surface area contributed by atoms with Gasteiger partial charge in [-0.3, -0.25) is 4.79 Å². The monoisotopic (exact) mass is 351 g/mol. The maximum Gasteiger partial charge on any atom is 0.339 e. The van der Waals surface area contributed by atoms with Crippen LogP contribution in [-0.2, 0) is 11.2 Å². The summed E-state index contributed by atoms with van der Waals surface area (Å²) in [7, 11) is 0. The number of nitrogens with zero attached hydrogens (tertiary/aromatic N) is 1. The lowest BCUT2D eigenvalue weighted by Gasteiger charge is -2.55. The zero-order valence-corrected chi connectivity index (χ0v) is 15.8. The highest BCUT2D eigenvalue weighted by Crippen LogP contribution is 2.46. The number of carboxylic acid groups (broad SMARTS) is 1. The fraction of sp³-hybridized carbons (Fsp3) is 0.684. The Morgan fingerprint density at radius 2 is 2.04 bits per heavy atom. The Balaban J connectivity index is 2.26. The third-order valence-electron chi connectivity index (χ3n) is 5.17. The summed E-state index contributed by atoms with van der Waals surface area (Å²) in [5, 5.41) is 9.28. The summed E-state index contributed by atoms with van der Waals surface area (Å²) in [6, 6.07) is 1.41. The molecule has 0 aromatic carbocycles. The lowest BCUT2D eigenvalue weighted by Crippen LogP contribution is -2.63. The number of aryl methyl sites for hydroxylation is 1. The lowest BCUT2D eigenvalue weighted by atomic mass is 9.63. The van der Waals surface area contributed by atoms with Crippen molar-refractivity contribution in [3.8, 4) is 0 Å². The number of carbonyl (C=O) groups is 2. The molecule has 0 aliphatic heterocycles. The first kappa shape index (κ1) is 19.5. The lowest BCUT2D eigenvalue weighted by molar-refractivity contribution is -0.141. The second-order valence-corrected chi connectivity index (χ2v) is 7.12. The molecule has 0 spiro atoms. The van der Waals surface area contributed by atoms with Crippen LogP contribution in [0.4, 0.5) is 0 Å². The van der Waals surface area contributed by atoms with Gasteiger partial charge < -0.3 is 19.2 Å². The van der Waals surface area contributed by atoms with Gasteiger partial charge in [0, 0.05) is 37.1 Å². The predicted molar refractivity (Wildman–Crippen MR) is 94.0 cm³/mol. The molecule has 2 rings (SSSR count). The van der Waals surface area contributed by atoms with Gasteiger partial charge in [0.15, 0.2) is 5.76 Å². The molecular weight excluding hydrogens is 322 g/mol. The molecule has 6 nitrogen and oxygen atoms in total. The number of hydrogen-bond donors (Lipinski definition) is 1. The maximum absolute atomic E-state index is 13.0. The van der Waals surface area contributed by atoms with Crippen LogP contribution in [0.15, 0.2) is 10.5 Å². The fourth-order valence-corrected chi connectivity index (χ4v) is 3.64. The van der Waals surface area contributed by atoms with Crippen molar-refractivity contribution in [2.75, 3.05) is 13.2 Å². The van der Waals surface area contributed by atoms with Crippen LogP contribution in [0.2, 0.25) is 0 Å². The number of furan rings is 1. The van der Waals surface area contributed by atoms with Gasteiger partial charge in [-0.05, 0) is 19.8 Å². The summed E-state index contributed by atoms with van der Waals surface area (Å²) >= 11 is 0. The zero-order chi connectivity index (χ0) is 18.8. The molecule has 1 aromatic rings. The van der Waals surface area contributed by atoms with E-state index in [0.717, 1.165) is 12.8 Å². The van der Waals surface area contributed by atoms with E-state index in [9.17, 15) is 14.7 Å². The van der Waals surface area contributed by atoms with Crippen LogP contribution in [0, 0.1) is 5.41 Å². The zero-order valence-electron chi connectivity index (χ0n) is 15.8. The van der Waals surface area contributed by atoms with Crippen LogP contribution < -0.4 is 0 Å². The smallest absolute Gasteiger partial charge is 0.339 e. The summed E-state index contributed by atoms with van der Waals surface area (Å²) in [5.74, 6) is -0.857. The summed E-state index contributed by atoms with van der Waals surface area (Å²) in [6.45, 7) is 11.3. The van der Waals surface area contributed by atoms with Gasteiger partial charge in [-0.15, -0.1) is 0 Å². The molecule has 1 aromatic heterocycles. The number of hydrogen-bond acceptors (Lipinski definition) is 4. The highest BCUT2D eigenvalue weighted by atomic mass is 16.5. The molecule has 1 fully saturated rings. The molecule has 1 saturated carbocycles. The molecule has 1 aliphatic carbocycles. The normalized spacial score (nSPS) is 21.6. The van der Waals surface area contributed by atoms with E-state index in [2.05, 4.69) is 13.8 Å². The number of rotatable bonds is 8. The van der Waals surface area contributed by atoms with Crippen LogP contribution in [0.3, 0.4) is 0 Å². The minimum atomic E-state index is -1.07. The molecule has 6 heteroatoms. The molecule has 0 radical (unpaired) electrons. The van der Waals surface area contributed by atoms with Crippen LogP contribution in [0.25, 0.3) is 0 Å². The molecule has 140 valence electrons. The van der Waals surface area contributed by atoms with Crippen molar-refractivity contribution in [3.63, 3.8) is 0 Å². The quantitative estimate of drug-likeness (QED) is 0.774. The third kappa shape index (κ3) is 3.59. The van der Waals surface area contributed by atoms with Crippen LogP contribution in [-0.4, -0.2) is 47.2 Å². The molecule has 0 bridgehead atoms. The van der Waals surface area contributed by atoms with E-state index in [-0.39, 0.29) is 34.8 Å². The molecule has 25 heavy (non-hydrogen) atoms. The fourth-order valence-electron chi connectivity index (χ4n) is 3.64. The Bertz CT molecular complexity index is 634. The van der Waals surface area contributed by atoms with Gasteiger partial charge in [-0.25, -0.2) is 4.79 Å². The highest BCUT2D eigenvalue weighted by Gasteiger charge is 2.52. The SMILES string of the molecule is CCCN(C(=O)c1cc(C(=O)O)c(CC)o1)C1CC(OCC)C1(C)C. The van der Waals surface area contributed by atoms with E-state index >= 15 is 0 Å². The van der Waals surface area contributed by atoms with Crippen molar-refractivity contribution in [2.24, 2.45) is 5.41 Å². The first-order valence-electron chi connectivity index (χ1n) is 9.06. The molecule has 1 aliphatic rings. The first-order valence-corrected chi connectivity index (χ1v) is 9.06. The molecule has 2 unspecified atom stereocenters. The van der Waals surface area contributed by atoms with E-state index in [4.69, 9.17) is 9.15 Å². The Labute approximate surface area is 149 Å². The number of aromatic carboxylic acids is 1.